The Labute approximate surface area is 103 Å². The van der Waals surface area contributed by atoms with Gasteiger partial charge in [-0.1, -0.05) is 0 Å². The van der Waals surface area contributed by atoms with Crippen LogP contribution in [-0.2, 0) is 9.53 Å². The van der Waals surface area contributed by atoms with Crippen LogP contribution in [0.3, 0.4) is 0 Å². The highest BCUT2D eigenvalue weighted by Gasteiger charge is 2.34. The molecule has 2 rings (SSSR count). The molecular weight excluding hydrogens is 240 g/mol. The van der Waals surface area contributed by atoms with Gasteiger partial charge < -0.3 is 19.8 Å². The lowest BCUT2D eigenvalue weighted by Gasteiger charge is -2.32. The number of morpholine rings is 1. The predicted octanol–water partition coefficient (Wildman–Crippen LogP) is -0.287. The van der Waals surface area contributed by atoms with Crippen LogP contribution in [0.2, 0.25) is 0 Å². The van der Waals surface area contributed by atoms with Crippen LogP contribution >= 0.6 is 0 Å². The number of aromatic hydroxyl groups is 1. The predicted molar refractivity (Wildman–Crippen MR) is 59.2 cm³/mol. The van der Waals surface area contributed by atoms with Crippen molar-refractivity contribution in [2.45, 2.75) is 6.04 Å². The fourth-order valence-corrected chi connectivity index (χ4v) is 1.77. The first-order chi connectivity index (χ1) is 8.61. The largest absolute Gasteiger partial charge is 0.505 e. The first-order valence-electron chi connectivity index (χ1n) is 5.35. The molecule has 0 spiro atoms. The molecule has 96 valence electrons. The molecule has 18 heavy (non-hydrogen) atoms. The quantitative estimate of drug-likeness (QED) is 0.750. The number of rotatable bonds is 2. The second kappa shape index (κ2) is 5.01. The van der Waals surface area contributed by atoms with Crippen LogP contribution in [0, 0.1) is 0 Å². The van der Waals surface area contributed by atoms with E-state index in [9.17, 15) is 14.7 Å². The van der Waals surface area contributed by atoms with E-state index >= 15 is 0 Å². The Morgan fingerprint density at radius 2 is 2.28 bits per heavy atom. The number of nitrogens with zero attached hydrogens (tertiary/aromatic N) is 2. The molecule has 2 heterocycles. The van der Waals surface area contributed by atoms with Crippen molar-refractivity contribution in [2.75, 3.05) is 19.8 Å². The zero-order valence-corrected chi connectivity index (χ0v) is 9.44. The van der Waals surface area contributed by atoms with Crippen molar-refractivity contribution < 1.29 is 24.5 Å². The molecule has 1 amide bonds. The fraction of sp³-hybridized carbons (Fsp3) is 0.364. The van der Waals surface area contributed by atoms with Gasteiger partial charge >= 0.3 is 5.97 Å². The van der Waals surface area contributed by atoms with Gasteiger partial charge in [-0.25, -0.2) is 4.79 Å². The summed E-state index contributed by atoms with van der Waals surface area (Å²) in [6, 6.07) is 0.324. The minimum absolute atomic E-state index is 0.0400. The van der Waals surface area contributed by atoms with Crippen molar-refractivity contribution in [1.29, 1.82) is 0 Å². The van der Waals surface area contributed by atoms with Crippen LogP contribution in [-0.4, -0.2) is 57.8 Å². The van der Waals surface area contributed by atoms with Gasteiger partial charge in [0.25, 0.3) is 5.91 Å². The third-order valence-corrected chi connectivity index (χ3v) is 2.70. The summed E-state index contributed by atoms with van der Waals surface area (Å²) in [4.78, 5) is 28.0. The zero-order chi connectivity index (χ0) is 13.1. The van der Waals surface area contributed by atoms with Crippen LogP contribution in [0.5, 0.6) is 5.75 Å². The van der Waals surface area contributed by atoms with Crippen molar-refractivity contribution in [2.24, 2.45) is 0 Å². The van der Waals surface area contributed by atoms with E-state index in [0.717, 1.165) is 6.20 Å². The number of carbonyl (C=O) groups is 2. The number of amides is 1. The van der Waals surface area contributed by atoms with Crippen LogP contribution in [0.15, 0.2) is 18.5 Å². The van der Waals surface area contributed by atoms with Crippen molar-refractivity contribution in [3.8, 4) is 5.75 Å². The molecule has 0 saturated carbocycles. The van der Waals surface area contributed by atoms with Gasteiger partial charge in [0, 0.05) is 12.7 Å². The molecule has 1 saturated heterocycles. The molecule has 0 bridgehead atoms. The monoisotopic (exact) mass is 252 g/mol. The second-order valence-electron chi connectivity index (χ2n) is 3.82. The number of carbonyl (C=O) groups excluding carboxylic acids is 1. The molecule has 0 radical (unpaired) electrons. The van der Waals surface area contributed by atoms with E-state index < -0.39 is 17.9 Å². The average molecular weight is 252 g/mol. The van der Waals surface area contributed by atoms with E-state index in [-0.39, 0.29) is 31.1 Å². The molecule has 0 aromatic carbocycles. The third-order valence-electron chi connectivity index (χ3n) is 2.70. The molecule has 1 aliphatic rings. The zero-order valence-electron chi connectivity index (χ0n) is 9.44. The maximum absolute atomic E-state index is 12.2. The maximum Gasteiger partial charge on any atom is 0.328 e. The lowest BCUT2D eigenvalue weighted by Crippen LogP contribution is -2.52. The maximum atomic E-state index is 12.2. The number of carboxylic acid groups (broad SMARTS) is 1. The standard InChI is InChI=1S/C11H12N2O5/c14-9-5-12-2-1-7(9)10(15)13-3-4-18-6-8(13)11(16)17/h1-2,5,8,14H,3-4,6H2,(H,16,17). The summed E-state index contributed by atoms with van der Waals surface area (Å²) in [5, 5.41) is 18.6. The first kappa shape index (κ1) is 12.3. The van der Waals surface area contributed by atoms with Crippen molar-refractivity contribution >= 4 is 11.9 Å². The van der Waals surface area contributed by atoms with Gasteiger partial charge in [0.2, 0.25) is 0 Å². The van der Waals surface area contributed by atoms with Gasteiger partial charge in [0.1, 0.15) is 5.75 Å². The van der Waals surface area contributed by atoms with Crippen molar-refractivity contribution in [3.05, 3.63) is 24.0 Å². The highest BCUT2D eigenvalue weighted by atomic mass is 16.5. The molecule has 1 unspecified atom stereocenters. The Kier molecular flexibility index (Phi) is 3.42. The number of ether oxygens (including phenoxy) is 1. The molecule has 7 nitrogen and oxygen atoms in total. The minimum Gasteiger partial charge on any atom is -0.505 e. The molecule has 1 atom stereocenters. The van der Waals surface area contributed by atoms with Crippen LogP contribution in [0.4, 0.5) is 0 Å². The second-order valence-corrected chi connectivity index (χ2v) is 3.82. The lowest BCUT2D eigenvalue weighted by atomic mass is 10.1. The van der Waals surface area contributed by atoms with E-state index in [1.807, 2.05) is 0 Å². The van der Waals surface area contributed by atoms with Crippen molar-refractivity contribution in [1.82, 2.24) is 9.88 Å². The molecule has 1 fully saturated rings. The Balaban J connectivity index is 2.27. The lowest BCUT2D eigenvalue weighted by molar-refractivity contribution is -0.147. The van der Waals surface area contributed by atoms with Crippen LogP contribution < -0.4 is 0 Å². The van der Waals surface area contributed by atoms with E-state index in [1.54, 1.807) is 0 Å². The van der Waals surface area contributed by atoms with E-state index in [1.165, 1.54) is 17.2 Å². The number of pyridine rings is 1. The normalized spacial score (nSPS) is 19.6. The molecular formula is C11H12N2O5. The highest BCUT2D eigenvalue weighted by Crippen LogP contribution is 2.19. The SMILES string of the molecule is O=C(O)C1COCCN1C(=O)c1ccncc1O. The van der Waals surface area contributed by atoms with Gasteiger partial charge in [-0.3, -0.25) is 9.78 Å². The summed E-state index contributed by atoms with van der Waals surface area (Å²) >= 11 is 0. The van der Waals surface area contributed by atoms with Crippen molar-refractivity contribution in [3.63, 3.8) is 0 Å². The first-order valence-corrected chi connectivity index (χ1v) is 5.35. The van der Waals surface area contributed by atoms with Gasteiger partial charge in [0.15, 0.2) is 6.04 Å². The van der Waals surface area contributed by atoms with E-state index in [0.29, 0.717) is 0 Å². The third kappa shape index (κ3) is 2.25. The average Bonchev–Trinajstić information content (AvgIpc) is 2.38. The number of hydrogen-bond acceptors (Lipinski definition) is 5. The Hall–Kier alpha value is -2.15. The van der Waals surface area contributed by atoms with Gasteiger partial charge in [-0.05, 0) is 6.07 Å². The summed E-state index contributed by atoms with van der Waals surface area (Å²) in [7, 11) is 0. The Morgan fingerprint density at radius 1 is 1.50 bits per heavy atom. The summed E-state index contributed by atoms with van der Waals surface area (Å²) in [5.74, 6) is -1.93. The van der Waals surface area contributed by atoms with Crippen LogP contribution in [0.1, 0.15) is 10.4 Å². The number of aromatic nitrogens is 1. The van der Waals surface area contributed by atoms with E-state index in [2.05, 4.69) is 4.98 Å². The summed E-state index contributed by atoms with van der Waals surface area (Å²) in [5.41, 5.74) is 0.0400. The highest BCUT2D eigenvalue weighted by molar-refractivity contribution is 5.98. The van der Waals surface area contributed by atoms with E-state index in [4.69, 9.17) is 9.84 Å². The van der Waals surface area contributed by atoms with Gasteiger partial charge in [0.05, 0.1) is 25.0 Å². The smallest absolute Gasteiger partial charge is 0.328 e. The summed E-state index contributed by atoms with van der Waals surface area (Å²) in [6.07, 6.45) is 2.51. The topological polar surface area (TPSA) is 100.0 Å². The molecule has 0 aliphatic carbocycles. The Bertz CT molecular complexity index is 476. The number of carboxylic acids is 1. The number of aliphatic carboxylic acids is 1. The molecule has 1 aliphatic heterocycles. The fourth-order valence-electron chi connectivity index (χ4n) is 1.77. The molecule has 2 N–H and O–H groups in total. The van der Waals surface area contributed by atoms with Gasteiger partial charge in [-0.2, -0.15) is 0 Å². The molecule has 1 aromatic heterocycles. The molecule has 1 aromatic rings. The minimum atomic E-state index is -1.13. The Morgan fingerprint density at radius 3 is 2.94 bits per heavy atom. The van der Waals surface area contributed by atoms with Gasteiger partial charge in [-0.15, -0.1) is 0 Å². The summed E-state index contributed by atoms with van der Waals surface area (Å²) in [6.45, 7) is 0.409. The number of hydrogen-bond donors (Lipinski definition) is 2. The summed E-state index contributed by atoms with van der Waals surface area (Å²) < 4.78 is 5.04. The molecule has 7 heteroatoms. The van der Waals surface area contributed by atoms with Crippen LogP contribution in [0.25, 0.3) is 0 Å².